The zero-order valence-electron chi connectivity index (χ0n) is 14.5. The standard InChI is InChI=1S/C17H28N2O5/c1-12-4-5-13(15(21)18-8-9-24-2)11-19(12)14(20)10-17(16(22)23)6-3-7-17/h12-13H,3-11H2,1-2H3,(H,18,21)(H,22,23). The molecular formula is C17H28N2O5. The maximum absolute atomic E-state index is 12.7. The molecule has 2 unspecified atom stereocenters. The number of amides is 2. The van der Waals surface area contributed by atoms with Gasteiger partial charge in [0.1, 0.15) is 0 Å². The lowest BCUT2D eigenvalue weighted by atomic mass is 9.66. The highest BCUT2D eigenvalue weighted by Crippen LogP contribution is 2.45. The first-order chi connectivity index (χ1) is 11.4. The van der Waals surface area contributed by atoms with Crippen LogP contribution in [0.4, 0.5) is 0 Å². The maximum atomic E-state index is 12.7. The van der Waals surface area contributed by atoms with E-state index in [1.54, 1.807) is 12.0 Å². The predicted molar refractivity (Wildman–Crippen MR) is 87.3 cm³/mol. The average Bonchev–Trinajstić information content (AvgIpc) is 2.50. The van der Waals surface area contributed by atoms with E-state index in [9.17, 15) is 19.5 Å². The van der Waals surface area contributed by atoms with Gasteiger partial charge in [0.2, 0.25) is 11.8 Å². The topological polar surface area (TPSA) is 95.9 Å². The van der Waals surface area contributed by atoms with Crippen LogP contribution in [0.15, 0.2) is 0 Å². The molecule has 1 saturated carbocycles. The second-order valence-corrected chi connectivity index (χ2v) is 7.07. The van der Waals surface area contributed by atoms with Crippen molar-refractivity contribution in [2.24, 2.45) is 11.3 Å². The quantitative estimate of drug-likeness (QED) is 0.675. The molecule has 2 fully saturated rings. The summed E-state index contributed by atoms with van der Waals surface area (Å²) < 4.78 is 4.92. The molecule has 0 aromatic heterocycles. The molecule has 0 bridgehead atoms. The van der Waals surface area contributed by atoms with Crippen LogP contribution in [0.2, 0.25) is 0 Å². The number of nitrogens with zero attached hydrogens (tertiary/aromatic N) is 1. The molecule has 7 heteroatoms. The van der Waals surface area contributed by atoms with Crippen LogP contribution in [-0.2, 0) is 19.1 Å². The van der Waals surface area contributed by atoms with Crippen molar-refractivity contribution in [2.45, 2.75) is 51.5 Å². The molecular weight excluding hydrogens is 312 g/mol. The smallest absolute Gasteiger partial charge is 0.310 e. The molecule has 2 rings (SSSR count). The van der Waals surface area contributed by atoms with Gasteiger partial charge in [0, 0.05) is 32.7 Å². The zero-order chi connectivity index (χ0) is 17.7. The Morgan fingerprint density at radius 3 is 2.54 bits per heavy atom. The van der Waals surface area contributed by atoms with Gasteiger partial charge < -0.3 is 20.1 Å². The molecule has 0 spiro atoms. The molecule has 2 N–H and O–H groups in total. The molecule has 7 nitrogen and oxygen atoms in total. The molecule has 0 aromatic rings. The van der Waals surface area contributed by atoms with Crippen molar-refractivity contribution in [1.29, 1.82) is 0 Å². The Hall–Kier alpha value is -1.63. The third kappa shape index (κ3) is 4.06. The van der Waals surface area contributed by atoms with E-state index >= 15 is 0 Å². The number of piperidine rings is 1. The number of hydrogen-bond donors (Lipinski definition) is 2. The lowest BCUT2D eigenvalue weighted by molar-refractivity contribution is -0.161. The summed E-state index contributed by atoms with van der Waals surface area (Å²) in [4.78, 5) is 38.0. The van der Waals surface area contributed by atoms with Gasteiger partial charge in [-0.3, -0.25) is 14.4 Å². The molecule has 24 heavy (non-hydrogen) atoms. The highest BCUT2D eigenvalue weighted by atomic mass is 16.5. The minimum absolute atomic E-state index is 0.0463. The van der Waals surface area contributed by atoms with Gasteiger partial charge in [0.05, 0.1) is 17.9 Å². The van der Waals surface area contributed by atoms with Gasteiger partial charge >= 0.3 is 5.97 Å². The summed E-state index contributed by atoms with van der Waals surface area (Å²) in [5, 5.41) is 12.2. The van der Waals surface area contributed by atoms with Crippen LogP contribution in [0.5, 0.6) is 0 Å². The second kappa shape index (κ2) is 7.96. The third-order valence-electron chi connectivity index (χ3n) is 5.43. The molecule has 0 radical (unpaired) electrons. The monoisotopic (exact) mass is 340 g/mol. The predicted octanol–water partition coefficient (Wildman–Crippen LogP) is 1.02. The Morgan fingerprint density at radius 1 is 1.29 bits per heavy atom. The first-order valence-electron chi connectivity index (χ1n) is 8.69. The summed E-state index contributed by atoms with van der Waals surface area (Å²) in [7, 11) is 1.58. The Balaban J connectivity index is 1.94. The highest BCUT2D eigenvalue weighted by molar-refractivity contribution is 5.86. The molecule has 1 heterocycles. The van der Waals surface area contributed by atoms with E-state index in [1.807, 2.05) is 6.92 Å². The second-order valence-electron chi connectivity index (χ2n) is 7.07. The largest absolute Gasteiger partial charge is 0.481 e. The summed E-state index contributed by atoms with van der Waals surface area (Å²) in [5.41, 5.74) is -0.884. The highest BCUT2D eigenvalue weighted by Gasteiger charge is 2.47. The van der Waals surface area contributed by atoms with Crippen molar-refractivity contribution < 1.29 is 24.2 Å². The molecule has 2 atom stereocenters. The fourth-order valence-corrected chi connectivity index (χ4v) is 3.55. The number of carboxylic acid groups (broad SMARTS) is 1. The van der Waals surface area contributed by atoms with Gasteiger partial charge in [0.25, 0.3) is 0 Å². The van der Waals surface area contributed by atoms with Gasteiger partial charge in [-0.25, -0.2) is 0 Å². The number of hydrogen-bond acceptors (Lipinski definition) is 4. The first-order valence-corrected chi connectivity index (χ1v) is 8.69. The number of carbonyl (C=O) groups is 3. The minimum Gasteiger partial charge on any atom is -0.481 e. The SMILES string of the molecule is COCCNC(=O)C1CCC(C)N(C(=O)CC2(C(=O)O)CCC2)C1. The molecule has 1 aliphatic heterocycles. The van der Waals surface area contributed by atoms with Crippen molar-refractivity contribution in [3.8, 4) is 0 Å². The van der Waals surface area contributed by atoms with Gasteiger partial charge in [0.15, 0.2) is 0 Å². The number of carbonyl (C=O) groups excluding carboxylic acids is 2. The lowest BCUT2D eigenvalue weighted by Gasteiger charge is -2.42. The van der Waals surface area contributed by atoms with Crippen molar-refractivity contribution in [2.75, 3.05) is 26.8 Å². The molecule has 2 aliphatic rings. The van der Waals surface area contributed by atoms with Crippen LogP contribution in [-0.4, -0.2) is 60.6 Å². The van der Waals surface area contributed by atoms with Crippen LogP contribution < -0.4 is 5.32 Å². The summed E-state index contributed by atoms with van der Waals surface area (Å²) >= 11 is 0. The van der Waals surface area contributed by atoms with Gasteiger partial charge in [-0.15, -0.1) is 0 Å². The Bertz CT molecular complexity index is 489. The normalized spacial score (nSPS) is 25.7. The fraction of sp³-hybridized carbons (Fsp3) is 0.824. The Morgan fingerprint density at radius 2 is 2.00 bits per heavy atom. The zero-order valence-corrected chi connectivity index (χ0v) is 14.5. The van der Waals surface area contributed by atoms with Crippen molar-refractivity contribution >= 4 is 17.8 Å². The third-order valence-corrected chi connectivity index (χ3v) is 5.43. The lowest BCUT2D eigenvalue weighted by Crippen LogP contribution is -2.52. The van der Waals surface area contributed by atoms with E-state index in [0.29, 0.717) is 32.5 Å². The number of methoxy groups -OCH3 is 1. The van der Waals surface area contributed by atoms with Crippen LogP contribution >= 0.6 is 0 Å². The van der Waals surface area contributed by atoms with Crippen molar-refractivity contribution in [1.82, 2.24) is 10.2 Å². The van der Waals surface area contributed by atoms with E-state index in [0.717, 1.165) is 19.3 Å². The van der Waals surface area contributed by atoms with Crippen molar-refractivity contribution in [3.63, 3.8) is 0 Å². The molecule has 136 valence electrons. The number of aliphatic carboxylic acids is 1. The summed E-state index contributed by atoms with van der Waals surface area (Å²) in [6, 6.07) is 0.0476. The van der Waals surface area contributed by atoms with Crippen molar-refractivity contribution in [3.05, 3.63) is 0 Å². The number of carboxylic acids is 1. The molecule has 1 aliphatic carbocycles. The first kappa shape index (κ1) is 18.7. The summed E-state index contributed by atoms with van der Waals surface area (Å²) in [6.45, 7) is 3.25. The minimum atomic E-state index is -0.884. The van der Waals surface area contributed by atoms with Crippen LogP contribution in [0.1, 0.15) is 45.4 Å². The van der Waals surface area contributed by atoms with Crippen LogP contribution in [0.25, 0.3) is 0 Å². The number of ether oxygens (including phenoxy) is 1. The molecule has 0 aromatic carbocycles. The Kier molecular flexibility index (Phi) is 6.21. The number of likely N-dealkylation sites (tertiary alicyclic amines) is 1. The van der Waals surface area contributed by atoms with E-state index in [2.05, 4.69) is 5.32 Å². The van der Waals surface area contributed by atoms with Crippen LogP contribution in [0.3, 0.4) is 0 Å². The maximum Gasteiger partial charge on any atom is 0.310 e. The van der Waals surface area contributed by atoms with E-state index < -0.39 is 11.4 Å². The molecule has 2 amide bonds. The van der Waals surface area contributed by atoms with Gasteiger partial charge in [-0.2, -0.15) is 0 Å². The van der Waals surface area contributed by atoms with E-state index in [1.165, 1.54) is 0 Å². The summed E-state index contributed by atoms with van der Waals surface area (Å²) in [6.07, 6.45) is 3.54. The van der Waals surface area contributed by atoms with Gasteiger partial charge in [-0.1, -0.05) is 6.42 Å². The number of nitrogens with one attached hydrogen (secondary N) is 1. The molecule has 1 saturated heterocycles. The number of rotatable bonds is 7. The fourth-order valence-electron chi connectivity index (χ4n) is 3.55. The average molecular weight is 340 g/mol. The Labute approximate surface area is 142 Å². The van der Waals surface area contributed by atoms with Gasteiger partial charge in [-0.05, 0) is 32.6 Å². The van der Waals surface area contributed by atoms with Crippen LogP contribution in [0, 0.1) is 11.3 Å². The van der Waals surface area contributed by atoms with E-state index in [-0.39, 0.29) is 30.2 Å². The van der Waals surface area contributed by atoms with E-state index in [4.69, 9.17) is 4.74 Å². The summed E-state index contributed by atoms with van der Waals surface area (Å²) in [5.74, 6) is -1.31.